The van der Waals surface area contributed by atoms with E-state index < -0.39 is 17.0 Å². The second-order valence-corrected chi connectivity index (χ2v) is 9.15. The maximum Gasteiger partial charge on any atom is 0.293 e. The zero-order valence-corrected chi connectivity index (χ0v) is 20.2. The van der Waals surface area contributed by atoms with Crippen LogP contribution in [-0.4, -0.2) is 28.6 Å². The Kier molecular flexibility index (Phi) is 7.53. The number of thioether (sulfide) groups is 1. The number of nitrogens with zero attached hydrogens (tertiary/aromatic N) is 1. The van der Waals surface area contributed by atoms with Gasteiger partial charge in [-0.25, -0.2) is 4.39 Å². The van der Waals surface area contributed by atoms with Gasteiger partial charge in [0.15, 0.2) is 6.61 Å². The summed E-state index contributed by atoms with van der Waals surface area (Å²) in [5.74, 6) is -1.01. The normalized spacial score (nSPS) is 14.5. The molecule has 35 heavy (non-hydrogen) atoms. The zero-order chi connectivity index (χ0) is 24.9. The summed E-state index contributed by atoms with van der Waals surface area (Å²) >= 11 is 6.80. The lowest BCUT2D eigenvalue weighted by molar-refractivity contribution is -0.123. The predicted octanol–water partition coefficient (Wildman–Crippen LogP) is 6.04. The molecule has 0 spiro atoms. The highest BCUT2D eigenvalue weighted by molar-refractivity contribution is 8.18. The van der Waals surface area contributed by atoms with Crippen molar-refractivity contribution < 1.29 is 23.5 Å². The first-order valence-corrected chi connectivity index (χ1v) is 11.8. The second-order valence-electron chi connectivity index (χ2n) is 7.75. The third-order valence-corrected chi connectivity index (χ3v) is 6.34. The highest BCUT2D eigenvalue weighted by Gasteiger charge is 2.35. The number of benzene rings is 3. The molecule has 0 aliphatic carbocycles. The highest BCUT2D eigenvalue weighted by Crippen LogP contribution is 2.35. The van der Waals surface area contributed by atoms with Crippen LogP contribution >= 0.6 is 23.4 Å². The molecule has 3 amide bonds. The number of anilines is 1. The number of amides is 3. The topological polar surface area (TPSA) is 75.7 Å². The number of imide groups is 1. The van der Waals surface area contributed by atoms with Crippen molar-refractivity contribution in [1.82, 2.24) is 4.90 Å². The number of hydrogen-bond acceptors (Lipinski definition) is 5. The van der Waals surface area contributed by atoms with Crippen molar-refractivity contribution in [2.45, 2.75) is 13.5 Å². The second kappa shape index (κ2) is 10.8. The summed E-state index contributed by atoms with van der Waals surface area (Å²) in [4.78, 5) is 38.6. The fraction of sp³-hybridized carbons (Fsp3) is 0.115. The lowest BCUT2D eigenvalue weighted by Gasteiger charge is -2.14. The molecule has 0 unspecified atom stereocenters. The summed E-state index contributed by atoms with van der Waals surface area (Å²) in [5, 5.41) is 2.40. The molecule has 4 rings (SSSR count). The minimum Gasteiger partial charge on any atom is -0.484 e. The van der Waals surface area contributed by atoms with Gasteiger partial charge in [0.25, 0.3) is 17.1 Å². The van der Waals surface area contributed by atoms with E-state index in [0.29, 0.717) is 17.0 Å². The molecule has 0 aromatic heterocycles. The summed E-state index contributed by atoms with van der Waals surface area (Å²) < 4.78 is 19.7. The van der Waals surface area contributed by atoms with E-state index in [4.69, 9.17) is 16.3 Å². The van der Waals surface area contributed by atoms with Gasteiger partial charge in [0.1, 0.15) is 11.6 Å². The van der Waals surface area contributed by atoms with Crippen molar-refractivity contribution in [3.05, 3.63) is 99.2 Å². The van der Waals surface area contributed by atoms with Crippen molar-refractivity contribution in [3.63, 3.8) is 0 Å². The molecule has 9 heteroatoms. The fourth-order valence-electron chi connectivity index (χ4n) is 3.39. The van der Waals surface area contributed by atoms with Crippen molar-refractivity contribution in [1.29, 1.82) is 0 Å². The lowest BCUT2D eigenvalue weighted by atomic mass is 10.2. The number of carbonyl (C=O) groups excluding carboxylic acids is 3. The van der Waals surface area contributed by atoms with E-state index in [2.05, 4.69) is 5.32 Å². The molecule has 1 fully saturated rings. The van der Waals surface area contributed by atoms with Gasteiger partial charge in [0, 0.05) is 16.3 Å². The van der Waals surface area contributed by atoms with E-state index in [1.807, 2.05) is 25.1 Å². The van der Waals surface area contributed by atoms with Crippen LogP contribution in [0.25, 0.3) is 6.08 Å². The monoisotopic (exact) mass is 510 g/mol. The zero-order valence-electron chi connectivity index (χ0n) is 18.6. The van der Waals surface area contributed by atoms with Crippen LogP contribution in [0.1, 0.15) is 16.7 Å². The molecule has 1 aliphatic rings. The minimum absolute atomic E-state index is 0.0806. The lowest BCUT2D eigenvalue weighted by Crippen LogP contribution is -2.28. The average molecular weight is 511 g/mol. The number of ether oxygens (including phenoxy) is 1. The summed E-state index contributed by atoms with van der Waals surface area (Å²) in [6, 6.07) is 18.4. The smallest absolute Gasteiger partial charge is 0.293 e. The Hall–Kier alpha value is -3.62. The summed E-state index contributed by atoms with van der Waals surface area (Å²) in [6.45, 7) is 1.48. The van der Waals surface area contributed by atoms with Gasteiger partial charge in [-0.05, 0) is 72.3 Å². The Morgan fingerprint density at radius 1 is 1.11 bits per heavy atom. The Morgan fingerprint density at radius 2 is 1.89 bits per heavy atom. The Balaban J connectivity index is 1.41. The third-order valence-electron chi connectivity index (χ3n) is 5.08. The SMILES string of the molecule is Cc1cccc(NC(=O)COc2cccc(/C=C3\SC(=O)N(Cc4c(F)cccc4Cl)C3=O)c2)c1. The predicted molar refractivity (Wildman–Crippen MR) is 135 cm³/mol. The van der Waals surface area contributed by atoms with Crippen molar-refractivity contribution >= 4 is 52.2 Å². The first kappa shape index (κ1) is 24.5. The molecule has 0 saturated carbocycles. The van der Waals surface area contributed by atoms with E-state index in [1.54, 1.807) is 36.4 Å². The molecule has 0 radical (unpaired) electrons. The first-order valence-electron chi connectivity index (χ1n) is 10.6. The van der Waals surface area contributed by atoms with Crippen LogP contribution in [0.2, 0.25) is 5.02 Å². The van der Waals surface area contributed by atoms with Crippen LogP contribution < -0.4 is 10.1 Å². The van der Waals surface area contributed by atoms with E-state index in [9.17, 15) is 18.8 Å². The minimum atomic E-state index is -0.586. The molecule has 6 nitrogen and oxygen atoms in total. The summed E-state index contributed by atoms with van der Waals surface area (Å²) in [7, 11) is 0. The van der Waals surface area contributed by atoms with Gasteiger partial charge in [-0.15, -0.1) is 0 Å². The molecule has 1 aliphatic heterocycles. The Morgan fingerprint density at radius 3 is 2.66 bits per heavy atom. The largest absolute Gasteiger partial charge is 0.484 e. The van der Waals surface area contributed by atoms with Crippen molar-refractivity contribution in [3.8, 4) is 5.75 Å². The molecule has 3 aromatic rings. The quantitative estimate of drug-likeness (QED) is 0.392. The number of nitrogens with one attached hydrogen (secondary N) is 1. The summed E-state index contributed by atoms with van der Waals surface area (Å²) in [6.07, 6.45) is 1.55. The average Bonchev–Trinajstić information content (AvgIpc) is 3.07. The molecule has 0 atom stereocenters. The molecule has 0 bridgehead atoms. The number of carbonyl (C=O) groups is 3. The van der Waals surface area contributed by atoms with Crippen LogP contribution in [0.5, 0.6) is 5.75 Å². The highest BCUT2D eigenvalue weighted by atomic mass is 35.5. The van der Waals surface area contributed by atoms with Gasteiger partial charge in [0.05, 0.1) is 11.4 Å². The van der Waals surface area contributed by atoms with Gasteiger partial charge < -0.3 is 10.1 Å². The van der Waals surface area contributed by atoms with Crippen LogP contribution in [0.3, 0.4) is 0 Å². The Bertz CT molecular complexity index is 1320. The van der Waals surface area contributed by atoms with Crippen molar-refractivity contribution in [2.24, 2.45) is 0 Å². The Labute approximate surface area is 210 Å². The number of aryl methyl sites for hydroxylation is 1. The van der Waals surface area contributed by atoms with Crippen LogP contribution in [0.4, 0.5) is 14.9 Å². The van der Waals surface area contributed by atoms with Gasteiger partial charge in [0.2, 0.25) is 0 Å². The molecule has 1 saturated heterocycles. The maximum absolute atomic E-state index is 14.1. The van der Waals surface area contributed by atoms with Crippen LogP contribution in [0, 0.1) is 12.7 Å². The first-order chi connectivity index (χ1) is 16.8. The fourth-order valence-corrected chi connectivity index (χ4v) is 4.45. The van der Waals surface area contributed by atoms with Crippen molar-refractivity contribution in [2.75, 3.05) is 11.9 Å². The van der Waals surface area contributed by atoms with Gasteiger partial charge >= 0.3 is 0 Å². The summed E-state index contributed by atoms with van der Waals surface area (Å²) in [5.41, 5.74) is 2.39. The molecule has 3 aromatic carbocycles. The van der Waals surface area contributed by atoms with E-state index in [0.717, 1.165) is 22.2 Å². The number of rotatable bonds is 7. The molecule has 178 valence electrons. The standard InChI is InChI=1S/C26H20ClFN2O4S/c1-16-5-2-7-18(11-16)29-24(31)15-34-19-8-3-6-17(12-19)13-23-25(32)30(26(33)35-23)14-20-21(27)9-4-10-22(20)28/h2-13H,14-15H2,1H3,(H,29,31)/b23-13-. The molecular formula is C26H20ClFN2O4S. The van der Waals surface area contributed by atoms with Crippen LogP contribution in [0.15, 0.2) is 71.6 Å². The number of halogens is 2. The van der Waals surface area contributed by atoms with Crippen LogP contribution in [-0.2, 0) is 16.1 Å². The maximum atomic E-state index is 14.1. The third kappa shape index (κ3) is 6.09. The van der Waals surface area contributed by atoms with Gasteiger partial charge in [-0.2, -0.15) is 0 Å². The van der Waals surface area contributed by atoms with E-state index in [-0.39, 0.29) is 34.6 Å². The molecule has 1 heterocycles. The molecular weight excluding hydrogens is 491 g/mol. The van der Waals surface area contributed by atoms with Gasteiger partial charge in [-0.3, -0.25) is 19.3 Å². The van der Waals surface area contributed by atoms with E-state index in [1.165, 1.54) is 18.2 Å². The van der Waals surface area contributed by atoms with E-state index >= 15 is 0 Å². The van der Waals surface area contributed by atoms with Gasteiger partial charge in [-0.1, -0.05) is 41.9 Å². The molecule has 1 N–H and O–H groups in total. The number of hydrogen-bond donors (Lipinski definition) is 1.